The summed E-state index contributed by atoms with van der Waals surface area (Å²) in [7, 11) is 0. The Morgan fingerprint density at radius 2 is 1.93 bits per heavy atom. The molecule has 1 aliphatic carbocycles. The van der Waals surface area contributed by atoms with Crippen molar-refractivity contribution in [3.8, 4) is 0 Å². The zero-order valence-electron chi connectivity index (χ0n) is 14.9. The second kappa shape index (κ2) is 8.43. The molecule has 5 nitrogen and oxygen atoms in total. The predicted octanol–water partition coefficient (Wildman–Crippen LogP) is 4.21. The molecule has 28 heavy (non-hydrogen) atoms. The molecule has 2 amide bonds. The normalized spacial score (nSPS) is 17.9. The smallest absolute Gasteiger partial charge is 0.251 e. The third-order valence-electron chi connectivity index (χ3n) is 4.57. The molecule has 1 aromatic carbocycles. The lowest BCUT2D eigenvalue weighted by Gasteiger charge is -2.03. The molecule has 0 spiro atoms. The van der Waals surface area contributed by atoms with Crippen LogP contribution < -0.4 is 10.6 Å². The van der Waals surface area contributed by atoms with Gasteiger partial charge < -0.3 is 10.6 Å². The third-order valence-corrected chi connectivity index (χ3v) is 6.83. The van der Waals surface area contributed by atoms with E-state index in [1.807, 2.05) is 35.7 Å². The van der Waals surface area contributed by atoms with Crippen LogP contribution in [0, 0.1) is 5.92 Å². The summed E-state index contributed by atoms with van der Waals surface area (Å²) in [5.74, 6) is 0.246. The summed E-state index contributed by atoms with van der Waals surface area (Å²) in [6.07, 6.45) is 0.872. The van der Waals surface area contributed by atoms with E-state index in [1.54, 1.807) is 23.5 Å². The van der Waals surface area contributed by atoms with Crippen LogP contribution in [0.2, 0.25) is 4.34 Å². The van der Waals surface area contributed by atoms with E-state index < -0.39 is 0 Å². The van der Waals surface area contributed by atoms with E-state index in [-0.39, 0.29) is 23.7 Å². The molecule has 1 saturated carbocycles. The van der Waals surface area contributed by atoms with Gasteiger partial charge in [0.05, 0.1) is 23.1 Å². The number of rotatable bonds is 7. The van der Waals surface area contributed by atoms with Gasteiger partial charge in [-0.3, -0.25) is 9.59 Å². The lowest BCUT2D eigenvalue weighted by atomic mass is 10.2. The van der Waals surface area contributed by atoms with E-state index in [4.69, 9.17) is 11.6 Å². The van der Waals surface area contributed by atoms with Crippen molar-refractivity contribution in [2.24, 2.45) is 5.92 Å². The second-order valence-corrected chi connectivity index (χ2v) is 9.28. The van der Waals surface area contributed by atoms with Gasteiger partial charge in [0.25, 0.3) is 5.91 Å². The van der Waals surface area contributed by atoms with Gasteiger partial charge in [-0.15, -0.1) is 22.7 Å². The molecule has 2 aromatic heterocycles. The molecule has 3 aromatic rings. The largest absolute Gasteiger partial charge is 0.350 e. The summed E-state index contributed by atoms with van der Waals surface area (Å²) in [6.45, 7) is 0.770. The third kappa shape index (κ3) is 4.60. The molecule has 8 heteroatoms. The minimum absolute atomic E-state index is 0.0259. The van der Waals surface area contributed by atoms with E-state index in [2.05, 4.69) is 15.6 Å². The number of halogens is 1. The highest BCUT2D eigenvalue weighted by molar-refractivity contribution is 7.16. The number of nitrogens with zero attached hydrogens (tertiary/aromatic N) is 1. The van der Waals surface area contributed by atoms with E-state index >= 15 is 0 Å². The van der Waals surface area contributed by atoms with Crippen molar-refractivity contribution in [3.05, 3.63) is 73.3 Å². The van der Waals surface area contributed by atoms with Crippen LogP contribution in [0.5, 0.6) is 0 Å². The van der Waals surface area contributed by atoms with Crippen molar-refractivity contribution >= 4 is 46.1 Å². The van der Waals surface area contributed by atoms with Crippen molar-refractivity contribution in [1.82, 2.24) is 15.6 Å². The van der Waals surface area contributed by atoms with Crippen molar-refractivity contribution in [1.29, 1.82) is 0 Å². The molecule has 2 N–H and O–H groups in total. The van der Waals surface area contributed by atoms with Gasteiger partial charge in [-0.2, -0.15) is 0 Å². The number of carbonyl (C=O) groups is 2. The first-order valence-electron chi connectivity index (χ1n) is 8.89. The monoisotopic (exact) mass is 431 g/mol. The zero-order chi connectivity index (χ0) is 19.5. The minimum atomic E-state index is -0.126. The molecule has 1 aliphatic rings. The fourth-order valence-corrected chi connectivity index (χ4v) is 4.97. The first kappa shape index (κ1) is 19.1. The quantitative estimate of drug-likeness (QED) is 0.588. The van der Waals surface area contributed by atoms with Gasteiger partial charge in [0.15, 0.2) is 0 Å². The molecular weight excluding hydrogens is 414 g/mol. The summed E-state index contributed by atoms with van der Waals surface area (Å²) < 4.78 is 0.760. The maximum atomic E-state index is 12.3. The van der Waals surface area contributed by atoms with Crippen LogP contribution in [0.15, 0.2) is 47.8 Å². The van der Waals surface area contributed by atoms with Crippen LogP contribution >= 0.6 is 34.3 Å². The number of benzene rings is 1. The Morgan fingerprint density at radius 3 is 2.68 bits per heavy atom. The van der Waals surface area contributed by atoms with E-state index in [9.17, 15) is 9.59 Å². The highest BCUT2D eigenvalue weighted by Gasteiger charge is 2.44. The SMILES string of the molecule is O=C(NCc1nc(CNC(=O)[C@@H]2C[C@H]2c2ccc(Cl)s2)cs1)c1ccccc1. The number of amides is 2. The molecule has 144 valence electrons. The fourth-order valence-electron chi connectivity index (χ4n) is 2.99. The molecular formula is C20H18ClN3O2S2. The summed E-state index contributed by atoms with van der Waals surface area (Å²) >= 11 is 8.98. The molecule has 2 atom stereocenters. The Kier molecular flexibility index (Phi) is 5.75. The zero-order valence-corrected chi connectivity index (χ0v) is 17.2. The van der Waals surface area contributed by atoms with Gasteiger partial charge >= 0.3 is 0 Å². The number of nitrogens with one attached hydrogen (secondary N) is 2. The Labute approximate surface area is 175 Å². The second-order valence-electron chi connectivity index (χ2n) is 6.59. The average molecular weight is 432 g/mol. The lowest BCUT2D eigenvalue weighted by molar-refractivity contribution is -0.122. The summed E-state index contributed by atoms with van der Waals surface area (Å²) in [5.41, 5.74) is 1.43. The Hall–Kier alpha value is -2.22. The van der Waals surface area contributed by atoms with Crippen molar-refractivity contribution in [2.75, 3.05) is 0 Å². The van der Waals surface area contributed by atoms with Crippen LogP contribution in [0.25, 0.3) is 0 Å². The summed E-state index contributed by atoms with van der Waals surface area (Å²) in [4.78, 5) is 30.1. The van der Waals surface area contributed by atoms with E-state index in [0.29, 0.717) is 18.7 Å². The van der Waals surface area contributed by atoms with Gasteiger partial charge in [-0.05, 0) is 30.7 Å². The molecule has 4 rings (SSSR count). The molecule has 1 fully saturated rings. The van der Waals surface area contributed by atoms with Gasteiger partial charge in [0.1, 0.15) is 5.01 Å². The number of carbonyl (C=O) groups excluding carboxylic acids is 2. The number of thiazole rings is 1. The van der Waals surface area contributed by atoms with Crippen molar-refractivity contribution in [2.45, 2.75) is 25.4 Å². The summed E-state index contributed by atoms with van der Waals surface area (Å²) in [6, 6.07) is 13.0. The van der Waals surface area contributed by atoms with Gasteiger partial charge in [-0.25, -0.2) is 4.98 Å². The Bertz CT molecular complexity index is 986. The number of thiophene rings is 1. The van der Waals surface area contributed by atoms with E-state index in [1.165, 1.54) is 16.2 Å². The number of hydrogen-bond donors (Lipinski definition) is 2. The van der Waals surface area contributed by atoms with Crippen LogP contribution in [0.3, 0.4) is 0 Å². The summed E-state index contributed by atoms with van der Waals surface area (Å²) in [5, 5.41) is 8.54. The Balaban J connectivity index is 1.23. The molecule has 0 aliphatic heterocycles. The maximum Gasteiger partial charge on any atom is 0.251 e. The molecule has 0 unspecified atom stereocenters. The van der Waals surface area contributed by atoms with E-state index in [0.717, 1.165) is 21.5 Å². The standard InChI is InChI=1S/C20H18ClN3O2S2/c21-17-7-6-16(28-17)14-8-15(14)20(26)22-9-13-11-27-18(24-13)10-23-19(25)12-4-2-1-3-5-12/h1-7,11,14-15H,8-10H2,(H,22,26)(H,23,25)/t14-,15-/m1/s1. The molecule has 0 saturated heterocycles. The maximum absolute atomic E-state index is 12.3. The first-order chi connectivity index (χ1) is 13.6. The van der Waals surface area contributed by atoms with Crippen LogP contribution in [-0.2, 0) is 17.9 Å². The van der Waals surface area contributed by atoms with Gasteiger partial charge in [-0.1, -0.05) is 29.8 Å². The topological polar surface area (TPSA) is 71.1 Å². The highest BCUT2D eigenvalue weighted by atomic mass is 35.5. The highest BCUT2D eigenvalue weighted by Crippen LogP contribution is 2.50. The number of hydrogen-bond acceptors (Lipinski definition) is 5. The Morgan fingerprint density at radius 1 is 1.11 bits per heavy atom. The van der Waals surface area contributed by atoms with Gasteiger partial charge in [0, 0.05) is 27.7 Å². The van der Waals surface area contributed by atoms with Crippen LogP contribution in [0.1, 0.15) is 38.3 Å². The number of aromatic nitrogens is 1. The minimum Gasteiger partial charge on any atom is -0.350 e. The lowest BCUT2D eigenvalue weighted by Crippen LogP contribution is -2.25. The van der Waals surface area contributed by atoms with Crippen molar-refractivity contribution in [3.63, 3.8) is 0 Å². The van der Waals surface area contributed by atoms with Crippen LogP contribution in [-0.4, -0.2) is 16.8 Å². The molecule has 0 radical (unpaired) electrons. The predicted molar refractivity (Wildman–Crippen MR) is 112 cm³/mol. The first-order valence-corrected chi connectivity index (χ1v) is 11.0. The van der Waals surface area contributed by atoms with Gasteiger partial charge in [0.2, 0.25) is 5.91 Å². The average Bonchev–Trinajstić information content (AvgIpc) is 3.18. The molecule has 0 bridgehead atoms. The molecule has 2 heterocycles. The fraction of sp³-hybridized carbons (Fsp3) is 0.250. The van der Waals surface area contributed by atoms with Crippen LogP contribution in [0.4, 0.5) is 0 Å². The van der Waals surface area contributed by atoms with Crippen molar-refractivity contribution < 1.29 is 9.59 Å².